The van der Waals surface area contributed by atoms with Gasteiger partial charge in [-0.1, -0.05) is 24.3 Å². The molecule has 0 aliphatic carbocycles. The highest BCUT2D eigenvalue weighted by Crippen LogP contribution is 2.31. The molecule has 0 radical (unpaired) electrons. The average Bonchev–Trinajstić information content (AvgIpc) is 2.47. The van der Waals surface area contributed by atoms with Crippen molar-refractivity contribution in [1.29, 1.82) is 0 Å². The topological polar surface area (TPSA) is 26.3 Å². The lowest BCUT2D eigenvalue weighted by Gasteiger charge is -2.08. The lowest BCUT2D eigenvalue weighted by atomic mass is 10.0. The third kappa shape index (κ3) is 3.62. The Kier molecular flexibility index (Phi) is 4.31. The van der Waals surface area contributed by atoms with E-state index in [9.17, 15) is 18.0 Å². The predicted molar refractivity (Wildman–Crippen MR) is 72.8 cm³/mol. The number of carbonyl (C=O) groups is 1. The van der Waals surface area contributed by atoms with Gasteiger partial charge >= 0.3 is 12.1 Å². The van der Waals surface area contributed by atoms with E-state index in [0.29, 0.717) is 16.7 Å². The summed E-state index contributed by atoms with van der Waals surface area (Å²) in [7, 11) is 0. The number of carbonyl (C=O) groups excluding carboxylic acids is 1. The molecule has 0 heterocycles. The molecule has 0 amide bonds. The van der Waals surface area contributed by atoms with Crippen LogP contribution in [0, 0.1) is 0 Å². The van der Waals surface area contributed by atoms with E-state index in [1.807, 2.05) is 0 Å². The summed E-state index contributed by atoms with van der Waals surface area (Å²) >= 11 is 0. The Balaban J connectivity index is 2.30. The van der Waals surface area contributed by atoms with Crippen LogP contribution in [0.5, 0.6) is 0 Å². The highest BCUT2D eigenvalue weighted by Gasteiger charge is 2.29. The zero-order chi connectivity index (χ0) is 15.5. The molecule has 0 aromatic heterocycles. The van der Waals surface area contributed by atoms with Gasteiger partial charge in [0.05, 0.1) is 17.7 Å². The molecular weight excluding hydrogens is 281 g/mol. The van der Waals surface area contributed by atoms with E-state index in [-0.39, 0.29) is 6.61 Å². The van der Waals surface area contributed by atoms with E-state index >= 15 is 0 Å². The second-order valence-electron chi connectivity index (χ2n) is 4.38. The van der Waals surface area contributed by atoms with Gasteiger partial charge in [0.15, 0.2) is 0 Å². The van der Waals surface area contributed by atoms with Crippen LogP contribution in [0.3, 0.4) is 0 Å². The molecule has 0 unspecified atom stereocenters. The Hall–Kier alpha value is -2.30. The summed E-state index contributed by atoms with van der Waals surface area (Å²) in [5, 5.41) is 0. The fourth-order valence-corrected chi connectivity index (χ4v) is 1.89. The minimum absolute atomic E-state index is 0.267. The third-order valence-corrected chi connectivity index (χ3v) is 2.92. The van der Waals surface area contributed by atoms with Crippen LogP contribution in [0.1, 0.15) is 22.8 Å². The molecule has 0 aliphatic rings. The first-order valence-corrected chi connectivity index (χ1v) is 6.36. The van der Waals surface area contributed by atoms with Crippen LogP contribution < -0.4 is 0 Å². The maximum atomic E-state index is 12.5. The Morgan fingerprint density at radius 2 is 1.71 bits per heavy atom. The number of hydrogen-bond donors (Lipinski definition) is 0. The van der Waals surface area contributed by atoms with Crippen molar-refractivity contribution in [2.45, 2.75) is 13.1 Å². The molecule has 0 fully saturated rings. The van der Waals surface area contributed by atoms with E-state index < -0.39 is 17.7 Å². The molecule has 2 nitrogen and oxygen atoms in total. The minimum Gasteiger partial charge on any atom is -0.462 e. The van der Waals surface area contributed by atoms with Gasteiger partial charge in [0.1, 0.15) is 0 Å². The number of rotatable bonds is 3. The smallest absolute Gasteiger partial charge is 0.416 e. The van der Waals surface area contributed by atoms with E-state index in [0.717, 1.165) is 12.1 Å². The maximum absolute atomic E-state index is 12.5. The van der Waals surface area contributed by atoms with E-state index in [2.05, 4.69) is 0 Å². The quantitative estimate of drug-likeness (QED) is 0.776. The van der Waals surface area contributed by atoms with Crippen LogP contribution in [0.15, 0.2) is 48.5 Å². The third-order valence-electron chi connectivity index (χ3n) is 2.92. The summed E-state index contributed by atoms with van der Waals surface area (Å²) in [5.41, 5.74) is 0.936. The van der Waals surface area contributed by atoms with Gasteiger partial charge in [-0.2, -0.15) is 13.2 Å². The monoisotopic (exact) mass is 294 g/mol. The molecule has 2 rings (SSSR count). The summed E-state index contributed by atoms with van der Waals surface area (Å²) in [4.78, 5) is 11.6. The molecule has 0 saturated carbocycles. The molecular formula is C16H13F3O2. The first-order valence-electron chi connectivity index (χ1n) is 6.36. The second-order valence-corrected chi connectivity index (χ2v) is 4.38. The molecule has 110 valence electrons. The number of alkyl halides is 3. The predicted octanol–water partition coefficient (Wildman–Crippen LogP) is 4.55. The normalized spacial score (nSPS) is 11.2. The van der Waals surface area contributed by atoms with Gasteiger partial charge in [0.2, 0.25) is 0 Å². The number of benzene rings is 2. The zero-order valence-electron chi connectivity index (χ0n) is 11.3. The largest absolute Gasteiger partial charge is 0.462 e. The Labute approximate surface area is 120 Å². The Bertz CT molecular complexity index is 631. The van der Waals surface area contributed by atoms with Crippen molar-refractivity contribution in [3.05, 3.63) is 59.7 Å². The van der Waals surface area contributed by atoms with Gasteiger partial charge in [-0.25, -0.2) is 4.79 Å². The minimum atomic E-state index is -4.36. The lowest BCUT2D eigenvalue weighted by molar-refractivity contribution is -0.137. The van der Waals surface area contributed by atoms with Gasteiger partial charge in [-0.3, -0.25) is 0 Å². The van der Waals surface area contributed by atoms with Gasteiger partial charge in [-0.05, 0) is 42.3 Å². The van der Waals surface area contributed by atoms with Crippen LogP contribution in [0.2, 0.25) is 0 Å². The standard InChI is InChI=1S/C16H13F3O2/c1-2-21-15(20)13-5-3-4-12(10-13)11-6-8-14(9-7-11)16(17,18)19/h3-10H,2H2,1H3. The second kappa shape index (κ2) is 5.99. The van der Waals surface area contributed by atoms with Crippen molar-refractivity contribution in [3.8, 4) is 11.1 Å². The molecule has 2 aromatic rings. The van der Waals surface area contributed by atoms with Crippen LogP contribution >= 0.6 is 0 Å². The van der Waals surface area contributed by atoms with E-state index in [1.54, 1.807) is 31.2 Å². The molecule has 2 aromatic carbocycles. The van der Waals surface area contributed by atoms with Crippen LogP contribution in [0.4, 0.5) is 13.2 Å². The molecule has 5 heteroatoms. The molecule has 0 atom stereocenters. The van der Waals surface area contributed by atoms with Crippen molar-refractivity contribution in [1.82, 2.24) is 0 Å². The van der Waals surface area contributed by atoms with Crippen molar-refractivity contribution < 1.29 is 22.7 Å². The summed E-state index contributed by atoms with van der Waals surface area (Å²) < 4.78 is 42.4. The first kappa shape index (κ1) is 15.1. The summed E-state index contributed by atoms with van der Waals surface area (Å²) in [6, 6.07) is 11.4. The fraction of sp³-hybridized carbons (Fsp3) is 0.188. The molecule has 0 aliphatic heterocycles. The molecule has 0 bridgehead atoms. The highest BCUT2D eigenvalue weighted by atomic mass is 19.4. The molecule has 21 heavy (non-hydrogen) atoms. The number of esters is 1. The van der Waals surface area contributed by atoms with E-state index in [4.69, 9.17) is 4.74 Å². The van der Waals surface area contributed by atoms with Gasteiger partial charge in [-0.15, -0.1) is 0 Å². The summed E-state index contributed by atoms with van der Waals surface area (Å²) in [6.45, 7) is 1.97. The fourth-order valence-electron chi connectivity index (χ4n) is 1.89. The van der Waals surface area contributed by atoms with Crippen molar-refractivity contribution in [3.63, 3.8) is 0 Å². The molecule has 0 saturated heterocycles. The van der Waals surface area contributed by atoms with Crippen LogP contribution in [-0.2, 0) is 10.9 Å². The number of hydrogen-bond acceptors (Lipinski definition) is 2. The summed E-state index contributed by atoms with van der Waals surface area (Å²) in [5.74, 6) is -0.453. The number of ether oxygens (including phenoxy) is 1. The Morgan fingerprint density at radius 1 is 1.05 bits per heavy atom. The zero-order valence-corrected chi connectivity index (χ0v) is 11.3. The summed E-state index contributed by atoms with van der Waals surface area (Å²) in [6.07, 6.45) is -4.36. The van der Waals surface area contributed by atoms with Gasteiger partial charge in [0, 0.05) is 0 Å². The SMILES string of the molecule is CCOC(=O)c1cccc(-c2ccc(C(F)(F)F)cc2)c1. The van der Waals surface area contributed by atoms with Gasteiger partial charge in [0.25, 0.3) is 0 Å². The van der Waals surface area contributed by atoms with E-state index in [1.165, 1.54) is 12.1 Å². The van der Waals surface area contributed by atoms with Crippen molar-refractivity contribution in [2.75, 3.05) is 6.61 Å². The van der Waals surface area contributed by atoms with Crippen LogP contribution in [-0.4, -0.2) is 12.6 Å². The number of halogens is 3. The molecule has 0 N–H and O–H groups in total. The van der Waals surface area contributed by atoms with Gasteiger partial charge < -0.3 is 4.74 Å². The first-order chi connectivity index (χ1) is 9.91. The van der Waals surface area contributed by atoms with Crippen molar-refractivity contribution in [2.24, 2.45) is 0 Å². The van der Waals surface area contributed by atoms with Crippen LogP contribution in [0.25, 0.3) is 11.1 Å². The highest BCUT2D eigenvalue weighted by molar-refractivity contribution is 5.91. The van der Waals surface area contributed by atoms with Crippen molar-refractivity contribution >= 4 is 5.97 Å². The Morgan fingerprint density at radius 3 is 2.29 bits per heavy atom. The lowest BCUT2D eigenvalue weighted by Crippen LogP contribution is -2.05. The molecule has 0 spiro atoms. The maximum Gasteiger partial charge on any atom is 0.416 e. The average molecular weight is 294 g/mol.